The van der Waals surface area contributed by atoms with Crippen molar-refractivity contribution in [2.45, 2.75) is 156 Å². The molecule has 0 fully saturated rings. The molecule has 0 aliphatic rings. The highest BCUT2D eigenvalue weighted by molar-refractivity contribution is 5.70. The van der Waals surface area contributed by atoms with Gasteiger partial charge in [-0.2, -0.15) is 0 Å². The van der Waals surface area contributed by atoms with Crippen LogP contribution in [-0.4, -0.2) is 24.6 Å². The molecule has 0 aliphatic carbocycles. The highest BCUT2D eigenvalue weighted by atomic mass is 16.5. The first-order chi connectivity index (χ1) is 15.5. The van der Waals surface area contributed by atoms with Crippen LogP contribution >= 0.6 is 0 Å². The molecule has 2 unspecified atom stereocenters. The zero-order chi connectivity index (χ0) is 23.9. The van der Waals surface area contributed by atoms with Crippen LogP contribution in [-0.2, 0) is 19.1 Å². The fourth-order valence-corrected chi connectivity index (χ4v) is 3.81. The topological polar surface area (TPSA) is 52.6 Å². The number of carbonyl (C=O) groups is 2. The van der Waals surface area contributed by atoms with Crippen molar-refractivity contribution >= 4 is 11.9 Å². The Kier molecular flexibility index (Phi) is 22.3. The summed E-state index contributed by atoms with van der Waals surface area (Å²) in [5, 5.41) is 0. The molecule has 0 saturated carbocycles. The highest BCUT2D eigenvalue weighted by Gasteiger charge is 2.14. The summed E-state index contributed by atoms with van der Waals surface area (Å²) in [5.41, 5.74) is 0. The molecule has 4 nitrogen and oxygen atoms in total. The summed E-state index contributed by atoms with van der Waals surface area (Å²) < 4.78 is 10.8. The SMILES string of the molecule is CCCCCCCCCCCCCCCOC(=O)CCCCCC(=O)OC(C)C(C)CC. The average Bonchev–Trinajstić information content (AvgIpc) is 2.78. The van der Waals surface area contributed by atoms with Crippen molar-refractivity contribution in [1.82, 2.24) is 0 Å². The van der Waals surface area contributed by atoms with Gasteiger partial charge in [0.15, 0.2) is 0 Å². The van der Waals surface area contributed by atoms with Crippen LogP contribution in [0.4, 0.5) is 0 Å². The van der Waals surface area contributed by atoms with Gasteiger partial charge in [0.2, 0.25) is 0 Å². The Morgan fingerprint density at radius 2 is 1.03 bits per heavy atom. The number of hydrogen-bond donors (Lipinski definition) is 0. The van der Waals surface area contributed by atoms with Crippen LogP contribution in [0.2, 0.25) is 0 Å². The molecular formula is C28H54O4. The molecule has 190 valence electrons. The Morgan fingerprint density at radius 1 is 0.594 bits per heavy atom. The standard InChI is InChI=1S/C28H54O4/c1-5-7-8-9-10-11-12-13-14-15-16-17-21-24-31-27(29)22-19-18-20-23-28(30)32-26(4)25(3)6-2/h25-26H,5-24H2,1-4H3. The molecule has 0 heterocycles. The lowest BCUT2D eigenvalue weighted by Gasteiger charge is -2.18. The second kappa shape index (κ2) is 23.1. The summed E-state index contributed by atoms with van der Waals surface area (Å²) in [7, 11) is 0. The number of ether oxygens (including phenoxy) is 2. The minimum atomic E-state index is -0.122. The molecule has 0 N–H and O–H groups in total. The highest BCUT2D eigenvalue weighted by Crippen LogP contribution is 2.14. The molecule has 2 atom stereocenters. The smallest absolute Gasteiger partial charge is 0.306 e. The van der Waals surface area contributed by atoms with Crippen molar-refractivity contribution in [2.75, 3.05) is 6.61 Å². The van der Waals surface area contributed by atoms with Crippen LogP contribution in [0.15, 0.2) is 0 Å². The zero-order valence-electron chi connectivity index (χ0n) is 21.9. The van der Waals surface area contributed by atoms with Gasteiger partial charge in [0, 0.05) is 12.8 Å². The van der Waals surface area contributed by atoms with E-state index in [4.69, 9.17) is 9.47 Å². The number of carbonyl (C=O) groups excluding carboxylic acids is 2. The van der Waals surface area contributed by atoms with Gasteiger partial charge in [-0.25, -0.2) is 0 Å². The largest absolute Gasteiger partial charge is 0.466 e. The van der Waals surface area contributed by atoms with E-state index in [0.29, 0.717) is 25.4 Å². The Labute approximate surface area is 199 Å². The summed E-state index contributed by atoms with van der Waals surface area (Å²) in [5.74, 6) is 0.170. The molecule has 0 aromatic rings. The summed E-state index contributed by atoms with van der Waals surface area (Å²) in [4.78, 5) is 23.6. The zero-order valence-corrected chi connectivity index (χ0v) is 21.9. The van der Waals surface area contributed by atoms with E-state index in [2.05, 4.69) is 20.8 Å². The molecular weight excluding hydrogens is 400 g/mol. The maximum Gasteiger partial charge on any atom is 0.306 e. The van der Waals surface area contributed by atoms with E-state index >= 15 is 0 Å². The Bertz CT molecular complexity index is 435. The van der Waals surface area contributed by atoms with E-state index in [1.165, 1.54) is 70.6 Å². The molecule has 32 heavy (non-hydrogen) atoms. The maximum atomic E-state index is 11.8. The first kappa shape index (κ1) is 30.9. The third kappa shape index (κ3) is 20.8. The van der Waals surface area contributed by atoms with E-state index in [-0.39, 0.29) is 18.0 Å². The second-order valence-electron chi connectivity index (χ2n) is 9.60. The predicted octanol–water partition coefficient (Wildman–Crippen LogP) is 8.55. The van der Waals surface area contributed by atoms with Gasteiger partial charge < -0.3 is 9.47 Å². The van der Waals surface area contributed by atoms with Crippen LogP contribution in [0, 0.1) is 5.92 Å². The number of unbranched alkanes of at least 4 members (excludes halogenated alkanes) is 14. The van der Waals surface area contributed by atoms with Gasteiger partial charge in [0.25, 0.3) is 0 Å². The number of rotatable bonds is 23. The Morgan fingerprint density at radius 3 is 1.53 bits per heavy atom. The van der Waals surface area contributed by atoms with Gasteiger partial charge in [-0.05, 0) is 32.1 Å². The molecule has 0 amide bonds. The van der Waals surface area contributed by atoms with E-state index in [0.717, 1.165) is 38.5 Å². The molecule has 0 bridgehead atoms. The normalized spacial score (nSPS) is 13.0. The molecule has 0 radical (unpaired) electrons. The summed E-state index contributed by atoms with van der Waals surface area (Å²) in [6.45, 7) is 8.98. The third-order valence-electron chi connectivity index (χ3n) is 6.54. The summed E-state index contributed by atoms with van der Waals surface area (Å²) in [6.07, 6.45) is 21.5. The Hall–Kier alpha value is -1.06. The average molecular weight is 455 g/mol. The van der Waals surface area contributed by atoms with Crippen LogP contribution in [0.25, 0.3) is 0 Å². The van der Waals surface area contributed by atoms with Gasteiger partial charge in [0.05, 0.1) is 6.61 Å². The fourth-order valence-electron chi connectivity index (χ4n) is 3.81. The van der Waals surface area contributed by atoms with Gasteiger partial charge in [-0.1, -0.05) is 111 Å². The molecule has 0 saturated heterocycles. The molecule has 0 spiro atoms. The van der Waals surface area contributed by atoms with Crippen molar-refractivity contribution in [1.29, 1.82) is 0 Å². The van der Waals surface area contributed by atoms with Crippen molar-refractivity contribution in [3.05, 3.63) is 0 Å². The summed E-state index contributed by atoms with van der Waals surface area (Å²) >= 11 is 0. The lowest BCUT2D eigenvalue weighted by Crippen LogP contribution is -2.21. The summed E-state index contributed by atoms with van der Waals surface area (Å²) in [6, 6.07) is 0. The van der Waals surface area contributed by atoms with Crippen LogP contribution in [0.5, 0.6) is 0 Å². The lowest BCUT2D eigenvalue weighted by molar-refractivity contribution is -0.150. The lowest BCUT2D eigenvalue weighted by atomic mass is 10.0. The van der Waals surface area contributed by atoms with E-state index < -0.39 is 0 Å². The van der Waals surface area contributed by atoms with Crippen LogP contribution in [0.3, 0.4) is 0 Å². The third-order valence-corrected chi connectivity index (χ3v) is 6.54. The number of hydrogen-bond acceptors (Lipinski definition) is 4. The quantitative estimate of drug-likeness (QED) is 0.115. The molecule has 0 aromatic heterocycles. The predicted molar refractivity (Wildman–Crippen MR) is 135 cm³/mol. The minimum Gasteiger partial charge on any atom is -0.466 e. The van der Waals surface area contributed by atoms with E-state index in [1.807, 2.05) is 6.92 Å². The van der Waals surface area contributed by atoms with Gasteiger partial charge in [-0.15, -0.1) is 0 Å². The first-order valence-corrected chi connectivity index (χ1v) is 13.9. The molecule has 4 heteroatoms. The van der Waals surface area contributed by atoms with Crippen molar-refractivity contribution in [3.8, 4) is 0 Å². The maximum absolute atomic E-state index is 11.8. The molecule has 0 aliphatic heterocycles. The second-order valence-corrected chi connectivity index (χ2v) is 9.60. The van der Waals surface area contributed by atoms with E-state index in [1.54, 1.807) is 0 Å². The van der Waals surface area contributed by atoms with Crippen molar-refractivity contribution in [2.24, 2.45) is 5.92 Å². The van der Waals surface area contributed by atoms with Crippen molar-refractivity contribution in [3.63, 3.8) is 0 Å². The minimum absolute atomic E-state index is 0.0208. The van der Waals surface area contributed by atoms with Gasteiger partial charge in [-0.3, -0.25) is 9.59 Å². The van der Waals surface area contributed by atoms with Gasteiger partial charge in [0.1, 0.15) is 6.10 Å². The van der Waals surface area contributed by atoms with Gasteiger partial charge >= 0.3 is 11.9 Å². The molecule has 0 rings (SSSR count). The van der Waals surface area contributed by atoms with Crippen LogP contribution in [0.1, 0.15) is 150 Å². The van der Waals surface area contributed by atoms with E-state index in [9.17, 15) is 9.59 Å². The molecule has 0 aromatic carbocycles. The van der Waals surface area contributed by atoms with Crippen molar-refractivity contribution < 1.29 is 19.1 Å². The first-order valence-electron chi connectivity index (χ1n) is 13.9. The Balaban J connectivity index is 3.34. The fraction of sp³-hybridized carbons (Fsp3) is 0.929. The van der Waals surface area contributed by atoms with Crippen LogP contribution < -0.4 is 0 Å². The number of esters is 2. The monoisotopic (exact) mass is 454 g/mol.